The molecule has 2 saturated heterocycles. The summed E-state index contributed by atoms with van der Waals surface area (Å²) in [7, 11) is 0. The number of nitrogens with one attached hydrogen (secondary N) is 2. The highest BCUT2D eigenvalue weighted by Gasteiger charge is 2.39. The van der Waals surface area contributed by atoms with Gasteiger partial charge in [0.2, 0.25) is 5.91 Å². The Balaban J connectivity index is 1.20. The first kappa shape index (κ1) is 32.2. The first-order valence-corrected chi connectivity index (χ1v) is 14.6. The summed E-state index contributed by atoms with van der Waals surface area (Å²) in [6.45, 7) is 1.78. The Kier molecular flexibility index (Phi) is 8.56. The van der Waals surface area contributed by atoms with Crippen molar-refractivity contribution in [3.8, 4) is 11.3 Å². The van der Waals surface area contributed by atoms with Gasteiger partial charge < -0.3 is 25.5 Å². The molecule has 18 heteroatoms. The molecule has 0 unspecified atom stereocenters. The molecule has 2 atom stereocenters. The number of benzene rings is 1. The number of amides is 2. The van der Waals surface area contributed by atoms with Gasteiger partial charge in [0, 0.05) is 57.0 Å². The summed E-state index contributed by atoms with van der Waals surface area (Å²) < 4.78 is 84.3. The number of imidazole rings is 1. The van der Waals surface area contributed by atoms with E-state index in [9.17, 15) is 36.6 Å². The molecule has 4 aromatic rings. The SMILES string of the molecule is Cc1cc(Nc2nccn3c(-c4cn(CC(F)F)nc4C(F)(F)F)cnc23)cc(F)c1C(=O)N1CCN(C(=O)[C@@H]2C[C@@H](O)CN2)CC1. The number of halogens is 6. The van der Waals surface area contributed by atoms with Gasteiger partial charge >= 0.3 is 6.18 Å². The maximum absolute atomic E-state index is 15.5. The average Bonchev–Trinajstić information content (AvgIpc) is 3.74. The van der Waals surface area contributed by atoms with Gasteiger partial charge in [-0.15, -0.1) is 0 Å². The number of piperazine rings is 1. The predicted molar refractivity (Wildman–Crippen MR) is 155 cm³/mol. The highest BCUT2D eigenvalue weighted by molar-refractivity contribution is 5.97. The van der Waals surface area contributed by atoms with Crippen LogP contribution in [-0.4, -0.2) is 102 Å². The van der Waals surface area contributed by atoms with E-state index in [0.29, 0.717) is 23.2 Å². The molecule has 2 aliphatic rings. The highest BCUT2D eigenvalue weighted by Crippen LogP contribution is 2.37. The second kappa shape index (κ2) is 12.5. The molecule has 2 fully saturated rings. The number of nitrogens with zero attached hydrogens (tertiary/aromatic N) is 7. The fourth-order valence-electron chi connectivity index (χ4n) is 5.90. The summed E-state index contributed by atoms with van der Waals surface area (Å²) in [5.41, 5.74) is -1.51. The van der Waals surface area contributed by atoms with Crippen molar-refractivity contribution in [1.82, 2.24) is 39.3 Å². The molecule has 0 spiro atoms. The Morgan fingerprint density at radius 1 is 1.13 bits per heavy atom. The minimum absolute atomic E-state index is 0.0511. The maximum atomic E-state index is 15.5. The number of alkyl halides is 5. The van der Waals surface area contributed by atoms with E-state index in [-0.39, 0.29) is 60.5 Å². The lowest BCUT2D eigenvalue weighted by molar-refractivity contribution is -0.141. The second-order valence-electron chi connectivity index (χ2n) is 11.4. The lowest BCUT2D eigenvalue weighted by Crippen LogP contribution is -2.54. The van der Waals surface area contributed by atoms with Crippen LogP contribution in [-0.2, 0) is 17.5 Å². The zero-order valence-electron chi connectivity index (χ0n) is 24.8. The van der Waals surface area contributed by atoms with Crippen molar-refractivity contribution in [2.45, 2.75) is 44.6 Å². The Hall–Kier alpha value is -4.71. The monoisotopic (exact) mass is 665 g/mol. The molecule has 2 aliphatic heterocycles. The van der Waals surface area contributed by atoms with Crippen molar-refractivity contribution in [3.05, 3.63) is 59.6 Å². The number of β-amino-alcohol motifs (C(OH)–C–C–N with tert-alkyl or cyclic N) is 1. The predicted octanol–water partition coefficient (Wildman–Crippen LogP) is 3.08. The molecule has 0 bridgehead atoms. The Bertz CT molecular complexity index is 1790. The van der Waals surface area contributed by atoms with Crippen LogP contribution in [0.3, 0.4) is 0 Å². The van der Waals surface area contributed by atoms with Gasteiger partial charge in [0.25, 0.3) is 12.3 Å². The third kappa shape index (κ3) is 6.47. The van der Waals surface area contributed by atoms with Gasteiger partial charge in [-0.05, 0) is 31.0 Å². The molecule has 6 rings (SSSR count). The molecule has 0 radical (unpaired) electrons. The van der Waals surface area contributed by atoms with Crippen LogP contribution in [0, 0.1) is 12.7 Å². The average molecular weight is 666 g/mol. The van der Waals surface area contributed by atoms with Crippen LogP contribution >= 0.6 is 0 Å². The van der Waals surface area contributed by atoms with Crippen LogP contribution in [0.25, 0.3) is 16.9 Å². The highest BCUT2D eigenvalue weighted by atomic mass is 19.4. The second-order valence-corrected chi connectivity index (χ2v) is 11.4. The van der Waals surface area contributed by atoms with Crippen molar-refractivity contribution in [2.24, 2.45) is 0 Å². The van der Waals surface area contributed by atoms with E-state index in [1.54, 1.807) is 11.8 Å². The Morgan fingerprint density at radius 2 is 1.85 bits per heavy atom. The number of aliphatic hydroxyl groups is 1. The largest absolute Gasteiger partial charge is 0.435 e. The lowest BCUT2D eigenvalue weighted by Gasteiger charge is -2.36. The van der Waals surface area contributed by atoms with E-state index in [1.165, 1.54) is 27.8 Å². The Morgan fingerprint density at radius 3 is 2.49 bits per heavy atom. The number of aliphatic hydroxyl groups excluding tert-OH is 1. The van der Waals surface area contributed by atoms with E-state index >= 15 is 4.39 Å². The van der Waals surface area contributed by atoms with Crippen molar-refractivity contribution < 1.29 is 41.0 Å². The van der Waals surface area contributed by atoms with Gasteiger partial charge in [0.05, 0.1) is 35.2 Å². The zero-order chi connectivity index (χ0) is 33.6. The first-order chi connectivity index (χ1) is 22.3. The van der Waals surface area contributed by atoms with E-state index in [1.807, 2.05) is 0 Å². The molecule has 0 aliphatic carbocycles. The zero-order valence-corrected chi connectivity index (χ0v) is 24.8. The topological polar surface area (TPSA) is 133 Å². The van der Waals surface area contributed by atoms with Crippen LogP contribution in [0.4, 0.5) is 37.8 Å². The van der Waals surface area contributed by atoms with E-state index in [0.717, 1.165) is 18.5 Å². The van der Waals surface area contributed by atoms with Gasteiger partial charge in [-0.25, -0.2) is 23.1 Å². The fourth-order valence-corrected chi connectivity index (χ4v) is 5.90. The fraction of sp³-hybridized carbons (Fsp3) is 0.414. The van der Waals surface area contributed by atoms with Gasteiger partial charge in [-0.3, -0.25) is 18.7 Å². The summed E-state index contributed by atoms with van der Waals surface area (Å²) in [6.07, 6.45) is -3.52. The number of aryl methyl sites for hydroxylation is 1. The maximum Gasteiger partial charge on any atom is 0.435 e. The standard InChI is InChI=1S/C29H29F6N9O3/c1-15-8-16(9-19(30)23(15)28(47)42-6-4-41(5-7-42)27(46)20-10-17(45)11-37-20)39-25-26-38-12-21(44(26)3-2-36-25)18-13-43(14-22(31)32)40-24(18)29(33,34)35/h2-3,8-9,12-13,17,20,22,37,45H,4-7,10-11,14H2,1H3,(H,36,39)/t17-,20+/m1/s1. The number of fused-ring (bicyclic) bond motifs is 1. The van der Waals surface area contributed by atoms with Gasteiger partial charge in [0.15, 0.2) is 17.2 Å². The van der Waals surface area contributed by atoms with E-state index in [4.69, 9.17) is 0 Å². The third-order valence-electron chi connectivity index (χ3n) is 8.11. The van der Waals surface area contributed by atoms with Gasteiger partial charge in [-0.2, -0.15) is 18.3 Å². The van der Waals surface area contributed by atoms with E-state index < -0.39 is 54.3 Å². The van der Waals surface area contributed by atoms with Crippen molar-refractivity contribution in [3.63, 3.8) is 0 Å². The molecule has 12 nitrogen and oxygen atoms in total. The molecule has 3 aromatic heterocycles. The molecule has 1 aromatic carbocycles. The normalized spacial score (nSPS) is 18.8. The molecular weight excluding hydrogens is 636 g/mol. The third-order valence-corrected chi connectivity index (χ3v) is 8.11. The number of rotatable bonds is 7. The number of anilines is 2. The molecule has 3 N–H and O–H groups in total. The summed E-state index contributed by atoms with van der Waals surface area (Å²) in [5.74, 6) is -1.46. The first-order valence-electron chi connectivity index (χ1n) is 14.6. The van der Waals surface area contributed by atoms with Crippen LogP contribution in [0.5, 0.6) is 0 Å². The summed E-state index contributed by atoms with van der Waals surface area (Å²) in [4.78, 5) is 37.5. The number of hydrogen-bond acceptors (Lipinski definition) is 8. The van der Waals surface area contributed by atoms with Crippen LogP contribution < -0.4 is 10.6 Å². The molecule has 47 heavy (non-hydrogen) atoms. The quantitative estimate of drug-likeness (QED) is 0.257. The van der Waals surface area contributed by atoms with Crippen molar-refractivity contribution in [2.75, 3.05) is 38.0 Å². The van der Waals surface area contributed by atoms with Crippen LogP contribution in [0.2, 0.25) is 0 Å². The van der Waals surface area contributed by atoms with Crippen molar-refractivity contribution in [1.29, 1.82) is 0 Å². The summed E-state index contributed by atoms with van der Waals surface area (Å²) in [6, 6.07) is 2.12. The number of carbonyl (C=O) groups excluding carboxylic acids is 2. The number of carbonyl (C=O) groups is 2. The van der Waals surface area contributed by atoms with Gasteiger partial charge in [-0.1, -0.05) is 0 Å². The minimum atomic E-state index is -4.93. The minimum Gasteiger partial charge on any atom is -0.392 e. The van der Waals surface area contributed by atoms with Crippen LogP contribution in [0.1, 0.15) is 28.0 Å². The molecule has 2 amide bonds. The Labute approximate surface area is 263 Å². The smallest absolute Gasteiger partial charge is 0.392 e. The van der Waals surface area contributed by atoms with Crippen molar-refractivity contribution >= 4 is 29.0 Å². The number of aromatic nitrogens is 5. The molecule has 250 valence electrons. The molecular formula is C29H29F6N9O3. The summed E-state index contributed by atoms with van der Waals surface area (Å²) in [5, 5.41) is 18.9. The number of hydrogen-bond donors (Lipinski definition) is 3. The van der Waals surface area contributed by atoms with Gasteiger partial charge in [0.1, 0.15) is 12.4 Å². The molecule has 5 heterocycles. The lowest BCUT2D eigenvalue weighted by atomic mass is 10.0. The van der Waals surface area contributed by atoms with E-state index in [2.05, 4.69) is 25.7 Å². The summed E-state index contributed by atoms with van der Waals surface area (Å²) >= 11 is 0. The van der Waals surface area contributed by atoms with Crippen LogP contribution in [0.15, 0.2) is 36.9 Å². The molecule has 0 saturated carbocycles.